The number of fused-ring (bicyclic) bond motifs is 1. The van der Waals surface area contributed by atoms with Gasteiger partial charge >= 0.3 is 6.09 Å². The van der Waals surface area contributed by atoms with E-state index >= 15 is 0 Å². The number of rotatable bonds is 2. The third-order valence-electron chi connectivity index (χ3n) is 3.29. The molecule has 1 aliphatic rings. The molecule has 1 heterocycles. The van der Waals surface area contributed by atoms with Crippen LogP contribution in [-0.2, 0) is 14.8 Å². The van der Waals surface area contributed by atoms with Crippen LogP contribution in [-0.4, -0.2) is 27.0 Å². The Morgan fingerprint density at radius 1 is 1.09 bits per heavy atom. The van der Waals surface area contributed by atoms with Crippen LogP contribution in [0.2, 0.25) is 0 Å². The number of carbonyl (C=O) groups is 1. The summed E-state index contributed by atoms with van der Waals surface area (Å²) in [7, 11) is -3.82. The van der Waals surface area contributed by atoms with Crippen LogP contribution >= 0.6 is 0 Å². The van der Waals surface area contributed by atoms with Crippen LogP contribution in [0.15, 0.2) is 63.9 Å². The van der Waals surface area contributed by atoms with Crippen LogP contribution in [0.4, 0.5) is 10.5 Å². The lowest BCUT2D eigenvalue weighted by Gasteiger charge is -2.21. The Labute approximate surface area is 134 Å². The molecule has 0 saturated carbocycles. The Bertz CT molecular complexity index is 876. The standard InChI is InChI=1S/C16H14N2O4S/c1-2-22-16(19)18(12-8-4-3-5-9-12)15-13-10-6-7-11-14(13)23(20,21)17-15/h3-11H,2H2,1H3. The molecule has 0 atom stereocenters. The van der Waals surface area contributed by atoms with Gasteiger partial charge in [-0.2, -0.15) is 8.42 Å². The van der Waals surface area contributed by atoms with E-state index in [-0.39, 0.29) is 17.3 Å². The van der Waals surface area contributed by atoms with Gasteiger partial charge in [-0.25, -0.2) is 9.69 Å². The Morgan fingerprint density at radius 3 is 2.43 bits per heavy atom. The first-order chi connectivity index (χ1) is 11.0. The largest absolute Gasteiger partial charge is 0.449 e. The molecule has 0 radical (unpaired) electrons. The first kappa shape index (κ1) is 15.2. The van der Waals surface area contributed by atoms with Crippen molar-refractivity contribution in [2.24, 2.45) is 4.40 Å². The Balaban J connectivity index is 2.17. The molecule has 3 rings (SSSR count). The van der Waals surface area contributed by atoms with Crippen LogP contribution in [0.5, 0.6) is 0 Å². The SMILES string of the molecule is CCOC(=O)N(C1=NS(=O)(=O)c2ccccc21)c1ccccc1. The van der Waals surface area contributed by atoms with Gasteiger partial charge in [-0.05, 0) is 31.2 Å². The van der Waals surface area contributed by atoms with E-state index in [1.54, 1.807) is 55.5 Å². The number of amidine groups is 1. The predicted molar refractivity (Wildman–Crippen MR) is 86.1 cm³/mol. The number of hydrogen-bond acceptors (Lipinski definition) is 4. The van der Waals surface area contributed by atoms with Gasteiger partial charge in [0.1, 0.15) is 4.90 Å². The summed E-state index contributed by atoms with van der Waals surface area (Å²) in [5, 5.41) is 0. The van der Waals surface area contributed by atoms with Crippen molar-refractivity contribution in [1.29, 1.82) is 0 Å². The fourth-order valence-corrected chi connectivity index (χ4v) is 3.52. The van der Waals surface area contributed by atoms with Crippen molar-refractivity contribution in [2.45, 2.75) is 11.8 Å². The van der Waals surface area contributed by atoms with Crippen molar-refractivity contribution < 1.29 is 17.9 Å². The van der Waals surface area contributed by atoms with E-state index in [0.29, 0.717) is 11.3 Å². The van der Waals surface area contributed by atoms with Gasteiger partial charge in [0.2, 0.25) is 0 Å². The van der Waals surface area contributed by atoms with E-state index < -0.39 is 16.1 Å². The van der Waals surface area contributed by atoms with Crippen molar-refractivity contribution in [3.63, 3.8) is 0 Å². The molecule has 2 aromatic rings. The molecular formula is C16H14N2O4S. The van der Waals surface area contributed by atoms with Gasteiger partial charge in [0.25, 0.3) is 10.0 Å². The zero-order valence-corrected chi connectivity index (χ0v) is 13.2. The number of anilines is 1. The van der Waals surface area contributed by atoms with Gasteiger partial charge in [-0.1, -0.05) is 30.3 Å². The summed E-state index contributed by atoms with van der Waals surface area (Å²) in [6, 6.07) is 15.1. The minimum Gasteiger partial charge on any atom is -0.449 e. The molecule has 6 nitrogen and oxygen atoms in total. The number of hydrogen-bond donors (Lipinski definition) is 0. The molecule has 0 N–H and O–H groups in total. The van der Waals surface area contributed by atoms with E-state index in [9.17, 15) is 13.2 Å². The number of ether oxygens (including phenoxy) is 1. The number of amides is 1. The van der Waals surface area contributed by atoms with Crippen molar-refractivity contribution >= 4 is 27.6 Å². The van der Waals surface area contributed by atoms with E-state index in [4.69, 9.17) is 4.74 Å². The molecule has 0 spiro atoms. The van der Waals surface area contributed by atoms with Crippen LogP contribution in [0.1, 0.15) is 12.5 Å². The highest BCUT2D eigenvalue weighted by Gasteiger charge is 2.35. The predicted octanol–water partition coefficient (Wildman–Crippen LogP) is 2.80. The topological polar surface area (TPSA) is 76.0 Å². The summed E-state index contributed by atoms with van der Waals surface area (Å²) < 4.78 is 33.3. The smallest absolute Gasteiger partial charge is 0.420 e. The molecular weight excluding hydrogens is 316 g/mol. The molecule has 0 aromatic heterocycles. The maximum Gasteiger partial charge on any atom is 0.420 e. The number of benzene rings is 2. The summed E-state index contributed by atoms with van der Waals surface area (Å²) in [5.41, 5.74) is 0.862. The maximum atomic E-state index is 12.4. The molecule has 23 heavy (non-hydrogen) atoms. The van der Waals surface area contributed by atoms with Crippen molar-refractivity contribution in [2.75, 3.05) is 11.5 Å². The Morgan fingerprint density at radius 2 is 1.74 bits per heavy atom. The van der Waals surface area contributed by atoms with Gasteiger partial charge in [0, 0.05) is 5.56 Å². The lowest BCUT2D eigenvalue weighted by atomic mass is 10.1. The average Bonchev–Trinajstić information content (AvgIpc) is 2.81. The molecule has 0 bridgehead atoms. The van der Waals surface area contributed by atoms with Crippen molar-refractivity contribution in [1.82, 2.24) is 0 Å². The monoisotopic (exact) mass is 330 g/mol. The Hall–Kier alpha value is -2.67. The fraction of sp³-hybridized carbons (Fsp3) is 0.125. The molecule has 1 aliphatic heterocycles. The molecule has 0 unspecified atom stereocenters. The molecule has 2 aromatic carbocycles. The number of sulfonamides is 1. The minimum atomic E-state index is -3.82. The van der Waals surface area contributed by atoms with E-state index in [1.165, 1.54) is 11.0 Å². The quantitative estimate of drug-likeness (QED) is 0.848. The van der Waals surface area contributed by atoms with Crippen LogP contribution in [0, 0.1) is 0 Å². The summed E-state index contributed by atoms with van der Waals surface area (Å²) in [6.07, 6.45) is -0.677. The lowest BCUT2D eigenvalue weighted by molar-refractivity contribution is 0.163. The molecule has 7 heteroatoms. The molecule has 0 aliphatic carbocycles. The summed E-state index contributed by atoms with van der Waals surface area (Å²) >= 11 is 0. The average molecular weight is 330 g/mol. The first-order valence-electron chi connectivity index (χ1n) is 7.01. The second kappa shape index (κ2) is 5.85. The molecule has 0 fully saturated rings. The summed E-state index contributed by atoms with van der Waals surface area (Å²) in [4.78, 5) is 13.6. The second-order valence-electron chi connectivity index (χ2n) is 4.76. The van der Waals surface area contributed by atoms with Gasteiger partial charge in [0.05, 0.1) is 12.3 Å². The zero-order valence-electron chi connectivity index (χ0n) is 12.3. The van der Waals surface area contributed by atoms with Crippen molar-refractivity contribution in [3.05, 3.63) is 60.2 Å². The van der Waals surface area contributed by atoms with E-state index in [0.717, 1.165) is 0 Å². The number of nitrogens with zero attached hydrogens (tertiary/aromatic N) is 2. The lowest BCUT2D eigenvalue weighted by Crippen LogP contribution is -2.37. The molecule has 1 amide bonds. The highest BCUT2D eigenvalue weighted by molar-refractivity contribution is 7.90. The van der Waals surface area contributed by atoms with Crippen LogP contribution in [0.25, 0.3) is 0 Å². The van der Waals surface area contributed by atoms with Gasteiger partial charge in [-0.15, -0.1) is 4.40 Å². The van der Waals surface area contributed by atoms with Gasteiger partial charge in [0.15, 0.2) is 5.84 Å². The normalized spacial score (nSPS) is 14.7. The minimum absolute atomic E-state index is 0.0465. The molecule has 118 valence electrons. The van der Waals surface area contributed by atoms with Gasteiger partial charge in [-0.3, -0.25) is 0 Å². The van der Waals surface area contributed by atoms with Crippen molar-refractivity contribution in [3.8, 4) is 0 Å². The highest BCUT2D eigenvalue weighted by atomic mass is 32.2. The fourth-order valence-electron chi connectivity index (χ4n) is 2.33. The number of carbonyl (C=O) groups excluding carboxylic acids is 1. The van der Waals surface area contributed by atoms with E-state index in [1.807, 2.05) is 0 Å². The van der Waals surface area contributed by atoms with Gasteiger partial charge < -0.3 is 4.74 Å². The highest BCUT2D eigenvalue weighted by Crippen LogP contribution is 2.30. The first-order valence-corrected chi connectivity index (χ1v) is 8.45. The van der Waals surface area contributed by atoms with Crippen LogP contribution in [0.3, 0.4) is 0 Å². The summed E-state index contributed by atoms with van der Waals surface area (Å²) in [5.74, 6) is 0.0465. The maximum absolute atomic E-state index is 12.4. The zero-order chi connectivity index (χ0) is 16.4. The summed E-state index contributed by atoms with van der Waals surface area (Å²) in [6.45, 7) is 1.85. The third kappa shape index (κ3) is 2.70. The van der Waals surface area contributed by atoms with Crippen LogP contribution < -0.4 is 4.90 Å². The van der Waals surface area contributed by atoms with E-state index in [2.05, 4.69) is 4.40 Å². The third-order valence-corrected chi connectivity index (χ3v) is 4.61. The molecule has 0 saturated heterocycles. The second-order valence-corrected chi connectivity index (χ2v) is 6.33. The number of para-hydroxylation sites is 1. The Kier molecular flexibility index (Phi) is 3.87.